The average molecular weight is 325 g/mol. The lowest BCUT2D eigenvalue weighted by Gasteiger charge is -2.04. The smallest absolute Gasteiger partial charge is 0.328 e. The van der Waals surface area contributed by atoms with Gasteiger partial charge in [0.25, 0.3) is 5.89 Å². The molecule has 0 saturated heterocycles. The van der Waals surface area contributed by atoms with Crippen molar-refractivity contribution >= 4 is 28.0 Å². The van der Waals surface area contributed by atoms with Crippen LogP contribution in [0.1, 0.15) is 5.89 Å². The van der Waals surface area contributed by atoms with Gasteiger partial charge in [-0.1, -0.05) is 15.9 Å². The fourth-order valence-corrected chi connectivity index (χ4v) is 1.74. The zero-order valence-corrected chi connectivity index (χ0v) is 11.4. The summed E-state index contributed by atoms with van der Waals surface area (Å²) in [5.41, 5.74) is 0.633. The van der Waals surface area contributed by atoms with E-state index in [0.717, 1.165) is 10.5 Å². The summed E-state index contributed by atoms with van der Waals surface area (Å²) in [6, 6.07) is 5.35. The Kier molecular flexibility index (Phi) is 3.96. The van der Waals surface area contributed by atoms with Crippen molar-refractivity contribution < 1.29 is 19.1 Å². The van der Waals surface area contributed by atoms with Crippen molar-refractivity contribution in [1.82, 2.24) is 10.2 Å². The third-order valence-electron chi connectivity index (χ3n) is 2.20. The molecule has 1 heterocycles. The van der Waals surface area contributed by atoms with Crippen LogP contribution in [0.2, 0.25) is 0 Å². The van der Waals surface area contributed by atoms with E-state index >= 15 is 0 Å². The first-order valence-electron chi connectivity index (χ1n) is 5.18. The van der Waals surface area contributed by atoms with Crippen LogP contribution in [0.4, 0.5) is 0 Å². The molecule has 1 aromatic heterocycles. The first-order valence-corrected chi connectivity index (χ1v) is 5.98. The molecule has 0 saturated carbocycles. The molecule has 0 unspecified atom stereocenters. The normalized spacial score (nSPS) is 10.8. The van der Waals surface area contributed by atoms with Gasteiger partial charge in [-0.2, -0.15) is 0 Å². The van der Waals surface area contributed by atoms with E-state index in [0.29, 0.717) is 11.3 Å². The molecule has 0 amide bonds. The molecule has 0 fully saturated rings. The van der Waals surface area contributed by atoms with Crippen LogP contribution in [0.25, 0.3) is 17.5 Å². The summed E-state index contributed by atoms with van der Waals surface area (Å²) in [5.74, 6) is -0.135. The van der Waals surface area contributed by atoms with Crippen molar-refractivity contribution in [1.29, 1.82) is 0 Å². The zero-order valence-electron chi connectivity index (χ0n) is 9.83. The van der Waals surface area contributed by atoms with Crippen molar-refractivity contribution in [3.8, 4) is 17.2 Å². The molecule has 98 valence electrons. The lowest BCUT2D eigenvalue weighted by Crippen LogP contribution is -1.88. The molecule has 0 bridgehead atoms. The molecule has 2 aromatic rings. The lowest BCUT2D eigenvalue weighted by molar-refractivity contribution is -0.131. The van der Waals surface area contributed by atoms with Gasteiger partial charge in [0.05, 0.1) is 12.7 Å². The van der Waals surface area contributed by atoms with Gasteiger partial charge in [0, 0.05) is 16.6 Å². The molecule has 6 nitrogen and oxygen atoms in total. The van der Waals surface area contributed by atoms with Crippen molar-refractivity contribution in [2.24, 2.45) is 0 Å². The fraction of sp³-hybridized carbons (Fsp3) is 0.0833. The number of benzene rings is 1. The van der Waals surface area contributed by atoms with E-state index in [-0.39, 0.29) is 11.8 Å². The molecule has 7 heteroatoms. The number of ether oxygens (including phenoxy) is 1. The predicted octanol–water partition coefficient (Wildman–Crippen LogP) is 2.61. The van der Waals surface area contributed by atoms with Crippen LogP contribution in [0.5, 0.6) is 5.75 Å². The lowest BCUT2D eigenvalue weighted by atomic mass is 10.2. The summed E-state index contributed by atoms with van der Waals surface area (Å²) < 4.78 is 11.4. The van der Waals surface area contributed by atoms with Gasteiger partial charge in [0.1, 0.15) is 5.75 Å². The van der Waals surface area contributed by atoms with E-state index in [9.17, 15) is 4.79 Å². The predicted molar refractivity (Wildman–Crippen MR) is 70.7 cm³/mol. The van der Waals surface area contributed by atoms with Crippen LogP contribution in [-0.2, 0) is 4.79 Å². The van der Waals surface area contributed by atoms with E-state index in [2.05, 4.69) is 26.1 Å². The van der Waals surface area contributed by atoms with Gasteiger partial charge < -0.3 is 14.3 Å². The van der Waals surface area contributed by atoms with E-state index < -0.39 is 5.97 Å². The van der Waals surface area contributed by atoms with E-state index in [1.54, 1.807) is 12.1 Å². The van der Waals surface area contributed by atoms with Crippen LogP contribution in [0.15, 0.2) is 33.2 Å². The minimum atomic E-state index is -1.08. The highest BCUT2D eigenvalue weighted by molar-refractivity contribution is 9.10. The molecule has 0 aliphatic heterocycles. The van der Waals surface area contributed by atoms with Crippen molar-refractivity contribution in [3.63, 3.8) is 0 Å². The molecular formula is C12H9BrN2O4. The Bertz CT molecular complexity index is 636. The van der Waals surface area contributed by atoms with E-state index in [1.165, 1.54) is 13.2 Å². The number of carboxylic acid groups (broad SMARTS) is 1. The standard InChI is InChI=1S/C12H9BrN2O4/c1-18-9-6-7(13)2-3-8(9)12-15-14-10(19-12)4-5-11(16)17/h2-6H,1H3,(H,16,17)/b5-4+. The first kappa shape index (κ1) is 13.3. The summed E-state index contributed by atoms with van der Waals surface area (Å²) in [6.07, 6.45) is 2.15. The maximum absolute atomic E-state index is 10.4. The summed E-state index contributed by atoms with van der Waals surface area (Å²) in [7, 11) is 1.53. The minimum absolute atomic E-state index is 0.113. The third kappa shape index (κ3) is 3.19. The van der Waals surface area contributed by atoms with Crippen LogP contribution < -0.4 is 4.74 Å². The number of aliphatic carboxylic acids is 1. The van der Waals surface area contributed by atoms with Crippen molar-refractivity contribution in [3.05, 3.63) is 34.6 Å². The Balaban J connectivity index is 2.35. The Morgan fingerprint density at radius 3 is 2.95 bits per heavy atom. The summed E-state index contributed by atoms with van der Waals surface area (Å²) >= 11 is 3.33. The topological polar surface area (TPSA) is 85.5 Å². The molecule has 0 atom stereocenters. The van der Waals surface area contributed by atoms with Gasteiger partial charge in [-0.3, -0.25) is 0 Å². The molecule has 2 rings (SSSR count). The highest BCUT2D eigenvalue weighted by Crippen LogP contribution is 2.31. The van der Waals surface area contributed by atoms with Crippen molar-refractivity contribution in [2.75, 3.05) is 7.11 Å². The second kappa shape index (κ2) is 5.66. The second-order valence-corrected chi connectivity index (χ2v) is 4.38. The molecular weight excluding hydrogens is 316 g/mol. The number of methoxy groups -OCH3 is 1. The number of nitrogens with zero attached hydrogens (tertiary/aromatic N) is 2. The van der Waals surface area contributed by atoms with Crippen LogP contribution >= 0.6 is 15.9 Å². The summed E-state index contributed by atoms with van der Waals surface area (Å²) in [4.78, 5) is 10.4. The number of hydrogen-bond donors (Lipinski definition) is 1. The number of carbonyl (C=O) groups is 1. The maximum atomic E-state index is 10.4. The fourth-order valence-electron chi connectivity index (χ4n) is 1.40. The van der Waals surface area contributed by atoms with Crippen LogP contribution in [0.3, 0.4) is 0 Å². The van der Waals surface area contributed by atoms with Gasteiger partial charge in [0.2, 0.25) is 5.89 Å². The number of halogens is 1. The Morgan fingerprint density at radius 1 is 1.47 bits per heavy atom. The number of carboxylic acids is 1. The number of aromatic nitrogens is 2. The molecule has 19 heavy (non-hydrogen) atoms. The van der Waals surface area contributed by atoms with Gasteiger partial charge in [0.15, 0.2) is 0 Å². The third-order valence-corrected chi connectivity index (χ3v) is 2.70. The van der Waals surface area contributed by atoms with Gasteiger partial charge >= 0.3 is 5.97 Å². The second-order valence-electron chi connectivity index (χ2n) is 3.46. The quantitative estimate of drug-likeness (QED) is 0.870. The van der Waals surface area contributed by atoms with E-state index in [4.69, 9.17) is 14.3 Å². The first-order chi connectivity index (χ1) is 9.10. The molecule has 0 aliphatic rings. The Morgan fingerprint density at radius 2 is 2.26 bits per heavy atom. The van der Waals surface area contributed by atoms with Gasteiger partial charge in [-0.05, 0) is 18.2 Å². The molecule has 0 spiro atoms. The zero-order chi connectivity index (χ0) is 13.8. The SMILES string of the molecule is COc1cc(Br)ccc1-c1nnc(/C=C/C(=O)O)o1. The Hall–Kier alpha value is -2.15. The largest absolute Gasteiger partial charge is 0.496 e. The molecule has 0 aliphatic carbocycles. The van der Waals surface area contributed by atoms with Gasteiger partial charge in [-0.15, -0.1) is 10.2 Å². The van der Waals surface area contributed by atoms with Gasteiger partial charge in [-0.25, -0.2) is 4.79 Å². The molecule has 1 N–H and O–H groups in total. The van der Waals surface area contributed by atoms with Crippen LogP contribution in [0, 0.1) is 0 Å². The maximum Gasteiger partial charge on any atom is 0.328 e. The number of hydrogen-bond acceptors (Lipinski definition) is 5. The Labute approximate surface area is 116 Å². The number of rotatable bonds is 4. The molecule has 1 aromatic carbocycles. The van der Waals surface area contributed by atoms with E-state index in [1.807, 2.05) is 6.07 Å². The highest BCUT2D eigenvalue weighted by Gasteiger charge is 2.12. The average Bonchev–Trinajstić information content (AvgIpc) is 2.84. The van der Waals surface area contributed by atoms with Crippen molar-refractivity contribution in [2.45, 2.75) is 0 Å². The monoisotopic (exact) mass is 324 g/mol. The summed E-state index contributed by atoms with van der Waals surface area (Å²) in [5, 5.41) is 16.1. The molecule has 0 radical (unpaired) electrons. The minimum Gasteiger partial charge on any atom is -0.496 e. The summed E-state index contributed by atoms with van der Waals surface area (Å²) in [6.45, 7) is 0. The highest BCUT2D eigenvalue weighted by atomic mass is 79.9. The van der Waals surface area contributed by atoms with Crippen LogP contribution in [-0.4, -0.2) is 28.4 Å².